The standard InChI is InChI=1S/C12H21N5O2/c1-3-19-11-16-9(13-2)15-10(17-11)14-8-12(4-5-12)6-7-18/h18H,3-8H2,1-2H3,(H2,13,14,15,16,17). The first-order valence-electron chi connectivity index (χ1n) is 6.63. The lowest BCUT2D eigenvalue weighted by Gasteiger charge is -2.15. The van der Waals surface area contributed by atoms with Crippen molar-refractivity contribution in [3.05, 3.63) is 0 Å². The molecule has 1 heterocycles. The number of nitrogens with one attached hydrogen (secondary N) is 2. The first-order chi connectivity index (χ1) is 9.21. The van der Waals surface area contributed by atoms with Crippen LogP contribution < -0.4 is 15.4 Å². The molecule has 7 nitrogen and oxygen atoms in total. The van der Waals surface area contributed by atoms with E-state index >= 15 is 0 Å². The van der Waals surface area contributed by atoms with Crippen LogP contribution in [0.4, 0.5) is 11.9 Å². The van der Waals surface area contributed by atoms with E-state index in [9.17, 15) is 0 Å². The third kappa shape index (κ3) is 3.66. The predicted molar refractivity (Wildman–Crippen MR) is 72.4 cm³/mol. The lowest BCUT2D eigenvalue weighted by atomic mass is 10.0. The van der Waals surface area contributed by atoms with Gasteiger partial charge in [0.25, 0.3) is 0 Å². The summed E-state index contributed by atoms with van der Waals surface area (Å²) in [5.41, 5.74) is 0.215. The topological polar surface area (TPSA) is 92.2 Å². The summed E-state index contributed by atoms with van der Waals surface area (Å²) >= 11 is 0. The number of hydrogen-bond acceptors (Lipinski definition) is 7. The highest BCUT2D eigenvalue weighted by Gasteiger charge is 2.41. The van der Waals surface area contributed by atoms with Crippen LogP contribution in [0.5, 0.6) is 6.01 Å². The summed E-state index contributed by atoms with van der Waals surface area (Å²) in [5.74, 6) is 0.986. The van der Waals surface area contributed by atoms with E-state index in [4.69, 9.17) is 9.84 Å². The molecule has 0 aromatic carbocycles. The minimum atomic E-state index is 0.215. The maximum Gasteiger partial charge on any atom is 0.323 e. The van der Waals surface area contributed by atoms with Crippen molar-refractivity contribution < 1.29 is 9.84 Å². The van der Waals surface area contributed by atoms with Gasteiger partial charge in [-0.15, -0.1) is 0 Å². The van der Waals surface area contributed by atoms with Gasteiger partial charge in [-0.05, 0) is 31.6 Å². The highest BCUT2D eigenvalue weighted by molar-refractivity contribution is 5.35. The molecule has 0 radical (unpaired) electrons. The van der Waals surface area contributed by atoms with Crippen LogP contribution in [-0.4, -0.2) is 46.9 Å². The van der Waals surface area contributed by atoms with Crippen LogP contribution >= 0.6 is 0 Å². The van der Waals surface area contributed by atoms with E-state index in [0.29, 0.717) is 24.5 Å². The Labute approximate surface area is 112 Å². The van der Waals surface area contributed by atoms with Crippen LogP contribution in [0.3, 0.4) is 0 Å². The summed E-state index contributed by atoms with van der Waals surface area (Å²) in [4.78, 5) is 12.5. The Morgan fingerprint density at radius 3 is 2.58 bits per heavy atom. The monoisotopic (exact) mass is 267 g/mol. The summed E-state index contributed by atoms with van der Waals surface area (Å²) in [7, 11) is 1.75. The lowest BCUT2D eigenvalue weighted by Crippen LogP contribution is -2.19. The number of rotatable bonds is 8. The fourth-order valence-electron chi connectivity index (χ4n) is 1.94. The van der Waals surface area contributed by atoms with Crippen molar-refractivity contribution in [3.8, 4) is 6.01 Å². The quantitative estimate of drug-likeness (QED) is 0.644. The number of hydrogen-bond donors (Lipinski definition) is 3. The molecule has 19 heavy (non-hydrogen) atoms. The molecule has 0 bridgehead atoms. The van der Waals surface area contributed by atoms with Gasteiger partial charge in [0.05, 0.1) is 6.61 Å². The number of ether oxygens (including phenoxy) is 1. The van der Waals surface area contributed by atoms with Crippen molar-refractivity contribution >= 4 is 11.9 Å². The smallest absolute Gasteiger partial charge is 0.323 e. The van der Waals surface area contributed by atoms with Gasteiger partial charge in [0.1, 0.15) is 0 Å². The molecule has 1 fully saturated rings. The molecular formula is C12H21N5O2. The van der Waals surface area contributed by atoms with E-state index in [-0.39, 0.29) is 12.0 Å². The molecule has 0 saturated heterocycles. The molecule has 0 unspecified atom stereocenters. The Morgan fingerprint density at radius 1 is 1.26 bits per heavy atom. The van der Waals surface area contributed by atoms with Gasteiger partial charge in [0.15, 0.2) is 0 Å². The molecule has 0 aliphatic heterocycles. The molecule has 1 aliphatic carbocycles. The van der Waals surface area contributed by atoms with E-state index < -0.39 is 0 Å². The van der Waals surface area contributed by atoms with Crippen LogP contribution in [0.25, 0.3) is 0 Å². The van der Waals surface area contributed by atoms with Gasteiger partial charge in [-0.2, -0.15) is 15.0 Å². The molecule has 1 saturated carbocycles. The van der Waals surface area contributed by atoms with Gasteiger partial charge in [-0.3, -0.25) is 0 Å². The van der Waals surface area contributed by atoms with E-state index in [1.807, 2.05) is 6.92 Å². The van der Waals surface area contributed by atoms with Crippen molar-refractivity contribution in [1.82, 2.24) is 15.0 Å². The summed E-state index contributed by atoms with van der Waals surface area (Å²) in [6.45, 7) is 3.40. The molecule has 2 rings (SSSR count). The number of anilines is 2. The number of nitrogens with zero attached hydrogens (tertiary/aromatic N) is 3. The van der Waals surface area contributed by atoms with E-state index in [1.54, 1.807) is 7.05 Å². The summed E-state index contributed by atoms with van der Waals surface area (Å²) in [5, 5.41) is 15.1. The average Bonchev–Trinajstić information content (AvgIpc) is 3.17. The fourth-order valence-corrected chi connectivity index (χ4v) is 1.94. The maximum atomic E-state index is 9.04. The minimum absolute atomic E-state index is 0.215. The first kappa shape index (κ1) is 13.8. The van der Waals surface area contributed by atoms with E-state index in [1.165, 1.54) is 0 Å². The Hall–Kier alpha value is -1.63. The second-order valence-electron chi connectivity index (χ2n) is 4.78. The number of aliphatic hydroxyl groups excluding tert-OH is 1. The Balaban J connectivity index is 2.00. The second-order valence-corrected chi connectivity index (χ2v) is 4.78. The zero-order valence-corrected chi connectivity index (χ0v) is 11.4. The Bertz CT molecular complexity index is 423. The zero-order valence-electron chi connectivity index (χ0n) is 11.4. The molecular weight excluding hydrogens is 246 g/mol. The maximum absolute atomic E-state index is 9.04. The lowest BCUT2D eigenvalue weighted by molar-refractivity contribution is 0.253. The molecule has 106 valence electrons. The fraction of sp³-hybridized carbons (Fsp3) is 0.750. The molecule has 0 atom stereocenters. The van der Waals surface area contributed by atoms with Gasteiger partial charge in [0.2, 0.25) is 11.9 Å². The minimum Gasteiger partial charge on any atom is -0.464 e. The van der Waals surface area contributed by atoms with Crippen LogP contribution in [0.15, 0.2) is 0 Å². The van der Waals surface area contributed by atoms with Crippen molar-refractivity contribution in [2.75, 3.05) is 37.4 Å². The predicted octanol–water partition coefficient (Wildman–Crippen LogP) is 0.886. The molecule has 1 aromatic heterocycles. The molecule has 0 amide bonds. The average molecular weight is 267 g/mol. The van der Waals surface area contributed by atoms with Crippen LogP contribution in [0.2, 0.25) is 0 Å². The normalized spacial score (nSPS) is 15.9. The van der Waals surface area contributed by atoms with Crippen LogP contribution in [0.1, 0.15) is 26.2 Å². The molecule has 1 aromatic rings. The number of aliphatic hydroxyl groups is 1. The summed E-state index contributed by atoms with van der Waals surface area (Å²) in [6.07, 6.45) is 3.11. The van der Waals surface area contributed by atoms with Crippen molar-refractivity contribution in [3.63, 3.8) is 0 Å². The third-order valence-electron chi connectivity index (χ3n) is 3.33. The highest BCUT2D eigenvalue weighted by Crippen LogP contribution is 2.48. The van der Waals surface area contributed by atoms with Crippen molar-refractivity contribution in [2.24, 2.45) is 5.41 Å². The van der Waals surface area contributed by atoms with Crippen molar-refractivity contribution in [1.29, 1.82) is 0 Å². The second kappa shape index (κ2) is 6.01. The molecule has 3 N–H and O–H groups in total. The molecule has 1 aliphatic rings. The molecule has 0 spiro atoms. The Kier molecular flexibility index (Phi) is 4.36. The summed E-state index contributed by atoms with van der Waals surface area (Å²) < 4.78 is 5.30. The third-order valence-corrected chi connectivity index (χ3v) is 3.33. The number of aromatic nitrogens is 3. The van der Waals surface area contributed by atoms with Gasteiger partial charge in [0, 0.05) is 20.2 Å². The van der Waals surface area contributed by atoms with Crippen LogP contribution in [0, 0.1) is 5.41 Å². The first-order valence-corrected chi connectivity index (χ1v) is 6.63. The van der Waals surface area contributed by atoms with Crippen molar-refractivity contribution in [2.45, 2.75) is 26.2 Å². The van der Waals surface area contributed by atoms with E-state index in [0.717, 1.165) is 25.8 Å². The SMILES string of the molecule is CCOc1nc(NC)nc(NCC2(CCO)CC2)n1. The molecule has 7 heteroatoms. The Morgan fingerprint density at radius 2 is 2.00 bits per heavy atom. The van der Waals surface area contributed by atoms with Gasteiger partial charge < -0.3 is 20.5 Å². The zero-order chi connectivity index (χ0) is 13.7. The van der Waals surface area contributed by atoms with E-state index in [2.05, 4.69) is 25.6 Å². The van der Waals surface area contributed by atoms with Gasteiger partial charge in [-0.25, -0.2) is 0 Å². The summed E-state index contributed by atoms with van der Waals surface area (Å²) in [6, 6.07) is 0.316. The van der Waals surface area contributed by atoms with Gasteiger partial charge in [-0.1, -0.05) is 0 Å². The highest BCUT2D eigenvalue weighted by atomic mass is 16.5. The largest absolute Gasteiger partial charge is 0.464 e. The van der Waals surface area contributed by atoms with Gasteiger partial charge >= 0.3 is 6.01 Å². The van der Waals surface area contributed by atoms with Crippen LogP contribution in [-0.2, 0) is 0 Å².